The topological polar surface area (TPSA) is 93.9 Å². The largest absolute Gasteiger partial charge is 0.383 e. The van der Waals surface area contributed by atoms with E-state index in [-0.39, 0.29) is 43.0 Å². The number of ether oxygens (including phenoxy) is 2. The zero-order valence-corrected chi connectivity index (χ0v) is 16.3. The smallest absolute Gasteiger partial charge is 0.254 e. The minimum Gasteiger partial charge on any atom is -0.383 e. The second-order valence-electron chi connectivity index (χ2n) is 6.44. The summed E-state index contributed by atoms with van der Waals surface area (Å²) in [7, 11) is 1.50. The number of hydrogen-bond donors (Lipinski definition) is 2. The summed E-state index contributed by atoms with van der Waals surface area (Å²) in [6.45, 7) is 5.66. The third kappa shape index (κ3) is 6.25. The highest BCUT2D eigenvalue weighted by atomic mass is 35.5. The zero-order chi connectivity index (χ0) is 18.4. The molecule has 8 heteroatoms. The van der Waals surface area contributed by atoms with Gasteiger partial charge in [0.15, 0.2) is 0 Å². The van der Waals surface area contributed by atoms with Gasteiger partial charge in [-0.2, -0.15) is 0 Å². The van der Waals surface area contributed by atoms with E-state index in [1.807, 2.05) is 30.9 Å². The van der Waals surface area contributed by atoms with Crippen molar-refractivity contribution in [2.24, 2.45) is 5.73 Å². The van der Waals surface area contributed by atoms with Gasteiger partial charge in [0.05, 0.1) is 18.8 Å². The molecule has 2 rings (SSSR count). The van der Waals surface area contributed by atoms with E-state index in [9.17, 15) is 9.59 Å². The average molecular weight is 386 g/mol. The number of rotatable bonds is 6. The Kier molecular flexibility index (Phi) is 9.01. The van der Waals surface area contributed by atoms with Crippen molar-refractivity contribution < 1.29 is 19.1 Å². The summed E-state index contributed by atoms with van der Waals surface area (Å²) >= 11 is 0. The number of halogens is 1. The molecular formula is C18H28ClN3O4. The summed E-state index contributed by atoms with van der Waals surface area (Å²) in [5.41, 5.74) is 7.20. The molecule has 3 N–H and O–H groups in total. The molecule has 1 aromatic rings. The fraction of sp³-hybridized carbons (Fsp3) is 0.556. The second kappa shape index (κ2) is 10.5. The highest BCUT2D eigenvalue weighted by Crippen LogP contribution is 2.15. The Hall–Kier alpha value is -1.67. The number of amides is 2. The Bertz CT molecular complexity index is 587. The molecule has 1 aliphatic rings. The van der Waals surface area contributed by atoms with E-state index < -0.39 is 6.04 Å². The lowest BCUT2D eigenvalue weighted by atomic mass is 10.1. The zero-order valence-electron chi connectivity index (χ0n) is 15.4. The van der Waals surface area contributed by atoms with Crippen LogP contribution in [0.3, 0.4) is 0 Å². The van der Waals surface area contributed by atoms with Crippen molar-refractivity contribution in [1.29, 1.82) is 0 Å². The lowest BCUT2D eigenvalue weighted by molar-refractivity contribution is -0.123. The van der Waals surface area contributed by atoms with E-state index in [0.717, 1.165) is 5.56 Å². The quantitative estimate of drug-likeness (QED) is 0.760. The number of hydrogen-bond acceptors (Lipinski definition) is 5. The molecule has 0 aromatic heterocycles. The molecule has 0 bridgehead atoms. The Balaban J connectivity index is 0.00000338. The van der Waals surface area contributed by atoms with Crippen molar-refractivity contribution >= 4 is 24.2 Å². The molecule has 1 fully saturated rings. The number of carbonyl (C=O) groups excluding carboxylic acids is 2. The predicted octanol–water partition coefficient (Wildman–Crippen LogP) is 0.948. The van der Waals surface area contributed by atoms with Crippen molar-refractivity contribution in [3.63, 3.8) is 0 Å². The molecule has 146 valence electrons. The van der Waals surface area contributed by atoms with Crippen molar-refractivity contribution in [3.8, 4) is 0 Å². The first-order valence-corrected chi connectivity index (χ1v) is 8.46. The molecule has 7 nitrogen and oxygen atoms in total. The second-order valence-corrected chi connectivity index (χ2v) is 6.44. The maximum absolute atomic E-state index is 12.6. The van der Waals surface area contributed by atoms with Crippen LogP contribution in [0, 0.1) is 0 Å². The van der Waals surface area contributed by atoms with Gasteiger partial charge in [-0.15, -0.1) is 12.4 Å². The molecule has 2 amide bonds. The van der Waals surface area contributed by atoms with Crippen LogP contribution >= 0.6 is 12.4 Å². The minimum absolute atomic E-state index is 0. The first-order chi connectivity index (χ1) is 11.9. The van der Waals surface area contributed by atoms with Crippen molar-refractivity contribution in [3.05, 3.63) is 35.4 Å². The maximum Gasteiger partial charge on any atom is 0.254 e. The number of nitrogens with two attached hydrogens (primary N) is 1. The van der Waals surface area contributed by atoms with Gasteiger partial charge in [0.1, 0.15) is 6.04 Å². The highest BCUT2D eigenvalue weighted by Gasteiger charge is 2.26. The van der Waals surface area contributed by atoms with Gasteiger partial charge < -0.3 is 25.4 Å². The van der Waals surface area contributed by atoms with Crippen LogP contribution in [0.15, 0.2) is 24.3 Å². The van der Waals surface area contributed by atoms with Crippen LogP contribution in [0.4, 0.5) is 0 Å². The van der Waals surface area contributed by atoms with Gasteiger partial charge in [0.25, 0.3) is 5.91 Å². The average Bonchev–Trinajstić information content (AvgIpc) is 2.58. The van der Waals surface area contributed by atoms with Gasteiger partial charge in [0.2, 0.25) is 5.91 Å². The molecule has 26 heavy (non-hydrogen) atoms. The summed E-state index contributed by atoms with van der Waals surface area (Å²) in [4.78, 5) is 26.2. The van der Waals surface area contributed by atoms with Crippen LogP contribution in [0.1, 0.15) is 29.8 Å². The van der Waals surface area contributed by atoms with Crippen LogP contribution in [0.25, 0.3) is 0 Å². The van der Waals surface area contributed by atoms with Crippen LogP contribution in [-0.4, -0.2) is 61.8 Å². The normalized spacial score (nSPS) is 20.8. The molecule has 3 atom stereocenters. The third-order valence-electron chi connectivity index (χ3n) is 4.06. The Labute approximate surface area is 160 Å². The molecule has 1 aliphatic heterocycles. The molecule has 0 spiro atoms. The summed E-state index contributed by atoms with van der Waals surface area (Å²) in [6.07, 6.45) is 0.0805. The molecule has 1 aromatic carbocycles. The maximum atomic E-state index is 12.6. The Morgan fingerprint density at radius 1 is 1.27 bits per heavy atom. The standard InChI is InChI=1S/C18H27N3O4.ClH/c1-12-9-21(10-13(2)25-12)18(23)15-6-4-14(5-7-15)8-20-17(22)16(19)11-24-3;/h4-7,12-13,16H,8-11,19H2,1-3H3,(H,20,22);1H. The van der Waals surface area contributed by atoms with Crippen LogP contribution < -0.4 is 11.1 Å². The summed E-state index contributed by atoms with van der Waals surface area (Å²) in [5.74, 6) is -0.266. The van der Waals surface area contributed by atoms with Crippen LogP contribution in [0.5, 0.6) is 0 Å². The van der Waals surface area contributed by atoms with E-state index in [4.69, 9.17) is 15.2 Å². The molecule has 1 saturated heterocycles. The predicted molar refractivity (Wildman–Crippen MR) is 101 cm³/mol. The van der Waals surface area contributed by atoms with Gasteiger partial charge in [-0.1, -0.05) is 12.1 Å². The number of benzene rings is 1. The van der Waals surface area contributed by atoms with Gasteiger partial charge in [-0.05, 0) is 31.5 Å². The van der Waals surface area contributed by atoms with Gasteiger partial charge in [-0.25, -0.2) is 0 Å². The Morgan fingerprint density at radius 2 is 1.85 bits per heavy atom. The van der Waals surface area contributed by atoms with Gasteiger partial charge in [0, 0.05) is 32.3 Å². The molecule has 0 radical (unpaired) electrons. The number of methoxy groups -OCH3 is 1. The minimum atomic E-state index is -0.684. The van der Waals surface area contributed by atoms with Gasteiger partial charge in [-0.3, -0.25) is 9.59 Å². The molecule has 0 aliphatic carbocycles. The number of nitrogens with zero attached hydrogens (tertiary/aromatic N) is 1. The molecular weight excluding hydrogens is 358 g/mol. The van der Waals surface area contributed by atoms with Crippen molar-refractivity contribution in [2.45, 2.75) is 38.6 Å². The number of carbonyl (C=O) groups is 2. The lowest BCUT2D eigenvalue weighted by Crippen LogP contribution is -2.48. The Morgan fingerprint density at radius 3 is 2.38 bits per heavy atom. The summed E-state index contributed by atoms with van der Waals surface area (Å²) in [6, 6.07) is 6.55. The highest BCUT2D eigenvalue weighted by molar-refractivity contribution is 5.94. The van der Waals surface area contributed by atoms with Crippen molar-refractivity contribution in [1.82, 2.24) is 10.2 Å². The molecule has 0 saturated carbocycles. The summed E-state index contributed by atoms with van der Waals surface area (Å²) in [5, 5.41) is 2.75. The molecule has 3 unspecified atom stereocenters. The first kappa shape index (κ1) is 22.4. The summed E-state index contributed by atoms with van der Waals surface area (Å²) < 4.78 is 10.5. The monoisotopic (exact) mass is 385 g/mol. The SMILES string of the molecule is COCC(N)C(=O)NCc1ccc(C(=O)N2CC(C)OC(C)C2)cc1.Cl. The van der Waals surface area contributed by atoms with E-state index in [1.165, 1.54) is 7.11 Å². The van der Waals surface area contributed by atoms with Crippen molar-refractivity contribution in [2.75, 3.05) is 26.8 Å². The fourth-order valence-corrected chi connectivity index (χ4v) is 2.87. The van der Waals surface area contributed by atoms with E-state index in [0.29, 0.717) is 25.2 Å². The number of nitrogens with one attached hydrogen (secondary N) is 1. The van der Waals surface area contributed by atoms with Crippen LogP contribution in [-0.2, 0) is 20.8 Å². The fourth-order valence-electron chi connectivity index (χ4n) is 2.87. The van der Waals surface area contributed by atoms with Gasteiger partial charge >= 0.3 is 0 Å². The number of morpholine rings is 1. The van der Waals surface area contributed by atoms with E-state index in [2.05, 4.69) is 5.32 Å². The van der Waals surface area contributed by atoms with E-state index in [1.54, 1.807) is 12.1 Å². The van der Waals surface area contributed by atoms with E-state index >= 15 is 0 Å². The third-order valence-corrected chi connectivity index (χ3v) is 4.06. The first-order valence-electron chi connectivity index (χ1n) is 8.46. The van der Waals surface area contributed by atoms with Crippen LogP contribution in [0.2, 0.25) is 0 Å². The lowest BCUT2D eigenvalue weighted by Gasteiger charge is -2.35. The molecule has 1 heterocycles.